The molecule has 0 unspecified atom stereocenters. The Morgan fingerprint density at radius 2 is 1.10 bits per heavy atom. The molecule has 0 rings (SSSR count). The predicted octanol–water partition coefficient (Wildman–Crippen LogP) is 0.832. The summed E-state index contributed by atoms with van der Waals surface area (Å²) in [5.74, 6) is 0. The van der Waals surface area contributed by atoms with E-state index in [0.717, 1.165) is 32.1 Å². The molecule has 0 aliphatic carbocycles. The van der Waals surface area contributed by atoms with Crippen LogP contribution < -0.4 is 0 Å². The maximum absolute atomic E-state index is 11.1. The molecule has 0 amide bonds. The monoisotopic (exact) mass is 366 g/mol. The van der Waals surface area contributed by atoms with E-state index in [0.29, 0.717) is 6.42 Å². The van der Waals surface area contributed by atoms with Gasteiger partial charge in [0.15, 0.2) is 0 Å². The van der Waals surface area contributed by atoms with Crippen molar-refractivity contribution >= 4 is 74.3 Å². The van der Waals surface area contributed by atoms with Gasteiger partial charge < -0.3 is 24.7 Å². The normalized spacial score (nSPS) is 12.5. The molecular formula is C10H26Na2O7P2. The Kier molecular flexibility index (Phi) is 16.8. The van der Waals surface area contributed by atoms with Gasteiger partial charge >= 0.3 is 74.3 Å². The maximum atomic E-state index is 11.1. The zero-order chi connectivity index (χ0) is 15.2. The van der Waals surface area contributed by atoms with Crippen LogP contribution in [0.5, 0.6) is 0 Å². The van der Waals surface area contributed by atoms with Crippen molar-refractivity contribution in [3.05, 3.63) is 0 Å². The van der Waals surface area contributed by atoms with Gasteiger partial charge in [0, 0.05) is 0 Å². The number of rotatable bonds is 10. The summed E-state index contributed by atoms with van der Waals surface area (Å²) < 4.78 is 22.1. The number of aliphatic hydroxyl groups is 1. The third kappa shape index (κ3) is 9.98. The van der Waals surface area contributed by atoms with E-state index in [9.17, 15) is 14.2 Å². The van der Waals surface area contributed by atoms with Gasteiger partial charge in [-0.2, -0.15) is 0 Å². The van der Waals surface area contributed by atoms with Crippen LogP contribution in [0.15, 0.2) is 0 Å². The molecule has 11 heteroatoms. The fraction of sp³-hybridized carbons (Fsp3) is 1.00. The number of hydrogen-bond acceptors (Lipinski definition) is 3. The van der Waals surface area contributed by atoms with Crippen LogP contribution in [0.25, 0.3) is 0 Å². The Balaban J connectivity index is -0.00000162. The molecule has 0 atom stereocenters. The average molecular weight is 366 g/mol. The molecule has 0 aromatic carbocycles. The second-order valence-corrected chi connectivity index (χ2v) is 8.74. The fourth-order valence-corrected chi connectivity index (χ4v) is 4.04. The van der Waals surface area contributed by atoms with Crippen LogP contribution in [-0.4, -0.2) is 88.9 Å². The van der Waals surface area contributed by atoms with Crippen LogP contribution in [0.1, 0.15) is 58.3 Å². The first kappa shape index (κ1) is 28.1. The van der Waals surface area contributed by atoms with Crippen molar-refractivity contribution in [1.29, 1.82) is 0 Å². The molecule has 21 heavy (non-hydrogen) atoms. The molecule has 7 nitrogen and oxygen atoms in total. The van der Waals surface area contributed by atoms with Gasteiger partial charge in [0.05, 0.1) is 0 Å². The fourth-order valence-electron chi connectivity index (χ4n) is 1.78. The van der Waals surface area contributed by atoms with Gasteiger partial charge in [0.1, 0.15) is 0 Å². The summed E-state index contributed by atoms with van der Waals surface area (Å²) in [7, 11) is -10.6. The summed E-state index contributed by atoms with van der Waals surface area (Å²) in [5.41, 5.74) is 0. The Hall–Kier alpha value is 2.26. The Morgan fingerprint density at radius 1 is 0.762 bits per heavy atom. The van der Waals surface area contributed by atoms with Crippen molar-refractivity contribution in [2.75, 3.05) is 0 Å². The van der Waals surface area contributed by atoms with E-state index in [1.165, 1.54) is 0 Å². The van der Waals surface area contributed by atoms with Crippen molar-refractivity contribution in [2.24, 2.45) is 0 Å². The molecule has 0 radical (unpaired) electrons. The summed E-state index contributed by atoms with van der Waals surface area (Å²) in [5, 5.41) is 6.35. The Morgan fingerprint density at radius 3 is 1.43 bits per heavy atom. The van der Waals surface area contributed by atoms with Crippen LogP contribution in [0.2, 0.25) is 0 Å². The van der Waals surface area contributed by atoms with Gasteiger partial charge in [-0.3, -0.25) is 9.13 Å². The molecule has 0 saturated carbocycles. The molecule has 0 aliphatic heterocycles. The van der Waals surface area contributed by atoms with E-state index in [1.807, 2.05) is 0 Å². The van der Waals surface area contributed by atoms with E-state index in [-0.39, 0.29) is 65.5 Å². The Bertz CT molecular complexity index is 333. The summed E-state index contributed by atoms with van der Waals surface area (Å²) in [6, 6.07) is 0. The first-order valence-electron chi connectivity index (χ1n) is 6.40. The molecule has 0 bridgehead atoms. The molecule has 0 heterocycles. The molecule has 0 spiro atoms. The third-order valence-corrected chi connectivity index (χ3v) is 6.93. The van der Waals surface area contributed by atoms with E-state index in [1.54, 1.807) is 0 Å². The third-order valence-electron chi connectivity index (χ3n) is 3.05. The zero-order valence-corrected chi connectivity index (χ0v) is 12.9. The van der Waals surface area contributed by atoms with E-state index in [4.69, 9.17) is 19.6 Å². The zero-order valence-electron chi connectivity index (χ0n) is 11.1. The predicted molar refractivity (Wildman–Crippen MR) is 85.9 cm³/mol. The molecule has 0 fully saturated rings. The SMILES string of the molecule is CCCCCCCCCC(O)(P(=O)(O)O)P(=O)(O)O.[NaH].[NaH]. The van der Waals surface area contributed by atoms with Crippen LogP contribution in [0, 0.1) is 0 Å². The van der Waals surface area contributed by atoms with Gasteiger partial charge in [0.25, 0.3) is 5.08 Å². The van der Waals surface area contributed by atoms with Crippen molar-refractivity contribution in [3.8, 4) is 0 Å². The molecule has 5 N–H and O–H groups in total. The van der Waals surface area contributed by atoms with Crippen LogP contribution >= 0.6 is 15.2 Å². The second kappa shape index (κ2) is 12.6. The van der Waals surface area contributed by atoms with Crippen LogP contribution in [0.4, 0.5) is 0 Å². The van der Waals surface area contributed by atoms with E-state index >= 15 is 0 Å². The Labute approximate surface area is 170 Å². The van der Waals surface area contributed by atoms with Gasteiger partial charge in [-0.05, 0) is 12.8 Å². The quantitative estimate of drug-likeness (QED) is 0.220. The summed E-state index contributed by atoms with van der Waals surface area (Å²) in [6.45, 7) is 2.08. The van der Waals surface area contributed by atoms with E-state index < -0.39 is 26.7 Å². The van der Waals surface area contributed by atoms with Crippen molar-refractivity contribution in [1.82, 2.24) is 0 Å². The summed E-state index contributed by atoms with van der Waals surface area (Å²) >= 11 is 0. The van der Waals surface area contributed by atoms with Gasteiger partial charge in [-0.25, -0.2) is 0 Å². The van der Waals surface area contributed by atoms with Gasteiger partial charge in [-0.15, -0.1) is 0 Å². The first-order chi connectivity index (χ1) is 8.56. The minimum atomic E-state index is -5.28. The molecule has 0 saturated heterocycles. The van der Waals surface area contributed by atoms with Crippen molar-refractivity contribution in [2.45, 2.75) is 63.4 Å². The first-order valence-corrected chi connectivity index (χ1v) is 9.62. The minimum absolute atomic E-state index is 0. The van der Waals surface area contributed by atoms with Crippen molar-refractivity contribution < 1.29 is 33.8 Å². The van der Waals surface area contributed by atoms with Crippen LogP contribution in [-0.2, 0) is 9.13 Å². The van der Waals surface area contributed by atoms with Gasteiger partial charge in [-0.1, -0.05) is 45.4 Å². The topological polar surface area (TPSA) is 135 Å². The molecular weight excluding hydrogens is 340 g/mol. The number of hydrogen-bond donors (Lipinski definition) is 5. The summed E-state index contributed by atoms with van der Waals surface area (Å²) in [6.07, 6.45) is 5.22. The second-order valence-electron chi connectivity index (χ2n) is 4.73. The van der Waals surface area contributed by atoms with E-state index in [2.05, 4.69) is 6.92 Å². The van der Waals surface area contributed by atoms with Crippen molar-refractivity contribution in [3.63, 3.8) is 0 Å². The standard InChI is InChI=1S/C10H24O7P2.2Na.2H/c1-2-3-4-5-6-7-8-9-10(11,18(12,13)14)19(15,16)17;;;;/h11H,2-9H2,1H3,(H2,12,13,14)(H2,15,16,17);;;;. The molecule has 0 aliphatic rings. The molecule has 120 valence electrons. The van der Waals surface area contributed by atoms with Gasteiger partial charge in [0.2, 0.25) is 0 Å². The van der Waals surface area contributed by atoms with Crippen LogP contribution in [0.3, 0.4) is 0 Å². The molecule has 0 aromatic rings. The summed E-state index contributed by atoms with van der Waals surface area (Å²) in [4.78, 5) is 35.7. The average Bonchev–Trinajstić information content (AvgIpc) is 2.24. The molecule has 0 aromatic heterocycles. The number of unbranched alkanes of at least 4 members (excludes halogenated alkanes) is 6.